The maximum Gasteiger partial charge on any atom is 0.0471 e. The largest absolute Gasteiger partial charge is 0.381 e. The highest BCUT2D eigenvalue weighted by molar-refractivity contribution is 5.01. The van der Waals surface area contributed by atoms with Gasteiger partial charge < -0.3 is 10.1 Å². The molecule has 2 heteroatoms. The Hall–Kier alpha value is -0.0800. The molecule has 2 fully saturated rings. The van der Waals surface area contributed by atoms with E-state index in [0.717, 1.165) is 43.4 Å². The Morgan fingerprint density at radius 1 is 1.10 bits per heavy atom. The van der Waals surface area contributed by atoms with E-state index in [0.29, 0.717) is 5.41 Å². The molecule has 2 bridgehead atoms. The van der Waals surface area contributed by atoms with Crippen LogP contribution >= 0.6 is 0 Å². The maximum absolute atomic E-state index is 5.94. The van der Waals surface area contributed by atoms with Crippen molar-refractivity contribution in [2.75, 3.05) is 26.3 Å². The third kappa shape index (κ3) is 4.96. The quantitative estimate of drug-likeness (QED) is 0.600. The first kappa shape index (κ1) is 17.3. The Bertz CT molecular complexity index is 302. The number of ether oxygens (including phenoxy) is 1. The van der Waals surface area contributed by atoms with Gasteiger partial charge in [0.05, 0.1) is 0 Å². The minimum atomic E-state index is 0.551. The van der Waals surface area contributed by atoms with Crippen molar-refractivity contribution in [1.29, 1.82) is 0 Å². The molecule has 21 heavy (non-hydrogen) atoms. The van der Waals surface area contributed by atoms with E-state index in [1.54, 1.807) is 0 Å². The van der Waals surface area contributed by atoms with Crippen LogP contribution in [-0.2, 0) is 4.74 Å². The van der Waals surface area contributed by atoms with E-state index in [2.05, 4.69) is 33.0 Å². The Morgan fingerprint density at radius 2 is 1.90 bits per heavy atom. The van der Waals surface area contributed by atoms with Crippen LogP contribution in [0.5, 0.6) is 0 Å². The van der Waals surface area contributed by atoms with Crippen molar-refractivity contribution in [1.82, 2.24) is 5.32 Å². The van der Waals surface area contributed by atoms with Crippen LogP contribution in [0.3, 0.4) is 0 Å². The van der Waals surface area contributed by atoms with Crippen molar-refractivity contribution >= 4 is 0 Å². The third-order valence-corrected chi connectivity index (χ3v) is 5.72. The molecule has 0 spiro atoms. The second-order valence-corrected chi connectivity index (χ2v) is 8.51. The lowest BCUT2D eigenvalue weighted by Gasteiger charge is -2.38. The van der Waals surface area contributed by atoms with Gasteiger partial charge in [-0.25, -0.2) is 0 Å². The van der Waals surface area contributed by atoms with E-state index < -0.39 is 0 Å². The Kier molecular flexibility index (Phi) is 6.55. The van der Waals surface area contributed by atoms with E-state index in [-0.39, 0.29) is 0 Å². The summed E-state index contributed by atoms with van der Waals surface area (Å²) in [5.41, 5.74) is 0.551. The van der Waals surface area contributed by atoms with Gasteiger partial charge in [0.25, 0.3) is 0 Å². The molecule has 0 aliphatic heterocycles. The Balaban J connectivity index is 1.76. The van der Waals surface area contributed by atoms with Crippen LogP contribution in [0.1, 0.15) is 66.2 Å². The van der Waals surface area contributed by atoms with Gasteiger partial charge in [0.2, 0.25) is 0 Å². The zero-order valence-corrected chi connectivity index (χ0v) is 14.8. The maximum atomic E-state index is 5.94. The fourth-order valence-electron chi connectivity index (χ4n) is 4.48. The number of hydrogen-bond acceptors (Lipinski definition) is 2. The van der Waals surface area contributed by atoms with Crippen LogP contribution in [0, 0.1) is 29.1 Å². The van der Waals surface area contributed by atoms with Crippen molar-refractivity contribution < 1.29 is 4.74 Å². The SMILES string of the molecule is CC(C)CCOCCC1(CNCC(C)C)CC2CCC1C2. The van der Waals surface area contributed by atoms with Gasteiger partial charge in [0.15, 0.2) is 0 Å². The Morgan fingerprint density at radius 3 is 2.48 bits per heavy atom. The molecule has 0 radical (unpaired) electrons. The van der Waals surface area contributed by atoms with Gasteiger partial charge in [-0.05, 0) is 67.7 Å². The molecule has 0 saturated heterocycles. The molecule has 0 aromatic carbocycles. The van der Waals surface area contributed by atoms with Crippen molar-refractivity contribution in [3.63, 3.8) is 0 Å². The second-order valence-electron chi connectivity index (χ2n) is 8.51. The predicted octanol–water partition coefficient (Wildman–Crippen LogP) is 4.49. The molecule has 0 heterocycles. The molecule has 2 aliphatic carbocycles. The van der Waals surface area contributed by atoms with Gasteiger partial charge >= 0.3 is 0 Å². The predicted molar refractivity (Wildman–Crippen MR) is 90.5 cm³/mol. The van der Waals surface area contributed by atoms with Crippen molar-refractivity contribution in [3.8, 4) is 0 Å². The first-order valence-electron chi connectivity index (χ1n) is 9.30. The summed E-state index contributed by atoms with van der Waals surface area (Å²) in [6.45, 7) is 13.5. The minimum absolute atomic E-state index is 0.551. The molecule has 0 amide bonds. The van der Waals surface area contributed by atoms with Crippen LogP contribution in [0.2, 0.25) is 0 Å². The minimum Gasteiger partial charge on any atom is -0.381 e. The summed E-state index contributed by atoms with van der Waals surface area (Å²) in [6.07, 6.45) is 8.39. The first-order valence-corrected chi connectivity index (χ1v) is 9.30. The summed E-state index contributed by atoms with van der Waals surface area (Å²) in [7, 11) is 0. The zero-order valence-electron chi connectivity index (χ0n) is 14.8. The lowest BCUT2D eigenvalue weighted by Crippen LogP contribution is -2.40. The standard InChI is InChI=1S/C19H37NO/c1-15(2)7-9-21-10-8-19(14-20-13-16(3)4)12-17-5-6-18(19)11-17/h15-18,20H,5-14H2,1-4H3. The highest BCUT2D eigenvalue weighted by Gasteiger charge is 2.49. The summed E-state index contributed by atoms with van der Waals surface area (Å²) in [6, 6.07) is 0. The number of rotatable bonds is 10. The molecule has 1 N–H and O–H groups in total. The number of hydrogen-bond donors (Lipinski definition) is 1. The smallest absolute Gasteiger partial charge is 0.0471 e. The highest BCUT2D eigenvalue weighted by Crippen LogP contribution is 2.57. The number of fused-ring (bicyclic) bond motifs is 2. The molecular weight excluding hydrogens is 258 g/mol. The summed E-state index contributed by atoms with van der Waals surface area (Å²) >= 11 is 0. The van der Waals surface area contributed by atoms with E-state index in [1.165, 1.54) is 45.1 Å². The fraction of sp³-hybridized carbons (Fsp3) is 1.00. The summed E-state index contributed by atoms with van der Waals surface area (Å²) in [4.78, 5) is 0. The average Bonchev–Trinajstić information content (AvgIpc) is 2.98. The molecule has 3 atom stereocenters. The Labute approximate surface area is 132 Å². The van der Waals surface area contributed by atoms with Gasteiger partial charge in [-0.3, -0.25) is 0 Å². The highest BCUT2D eigenvalue weighted by atomic mass is 16.5. The van der Waals surface area contributed by atoms with Crippen molar-refractivity contribution in [2.45, 2.75) is 66.2 Å². The van der Waals surface area contributed by atoms with E-state index >= 15 is 0 Å². The average molecular weight is 296 g/mol. The molecule has 2 nitrogen and oxygen atoms in total. The first-order chi connectivity index (χ1) is 10.0. The lowest BCUT2D eigenvalue weighted by atomic mass is 9.71. The van der Waals surface area contributed by atoms with Gasteiger partial charge in [-0.1, -0.05) is 34.1 Å². The molecule has 2 rings (SSSR count). The third-order valence-electron chi connectivity index (χ3n) is 5.72. The fourth-order valence-corrected chi connectivity index (χ4v) is 4.48. The normalized spacial score (nSPS) is 31.7. The summed E-state index contributed by atoms with van der Waals surface area (Å²) in [5.74, 6) is 3.50. The topological polar surface area (TPSA) is 21.3 Å². The van der Waals surface area contributed by atoms with Crippen LogP contribution in [0.4, 0.5) is 0 Å². The molecule has 2 saturated carbocycles. The zero-order chi connectivity index (χ0) is 15.3. The molecular formula is C19H37NO. The molecule has 0 aromatic rings. The monoisotopic (exact) mass is 295 g/mol. The summed E-state index contributed by atoms with van der Waals surface area (Å²) in [5, 5.41) is 3.76. The van der Waals surface area contributed by atoms with Gasteiger partial charge in [-0.2, -0.15) is 0 Å². The molecule has 2 aliphatic rings. The van der Waals surface area contributed by atoms with Crippen molar-refractivity contribution in [3.05, 3.63) is 0 Å². The lowest BCUT2D eigenvalue weighted by molar-refractivity contribution is 0.0582. The molecule has 0 aromatic heterocycles. The van der Waals surface area contributed by atoms with Crippen molar-refractivity contribution in [2.24, 2.45) is 29.1 Å². The van der Waals surface area contributed by atoms with Crippen LogP contribution in [0.15, 0.2) is 0 Å². The van der Waals surface area contributed by atoms with Crippen LogP contribution in [0.25, 0.3) is 0 Å². The molecule has 3 unspecified atom stereocenters. The number of nitrogens with one attached hydrogen (secondary N) is 1. The van der Waals surface area contributed by atoms with Crippen LogP contribution < -0.4 is 5.32 Å². The molecule has 124 valence electrons. The van der Waals surface area contributed by atoms with Gasteiger partial charge in [0, 0.05) is 19.8 Å². The summed E-state index contributed by atoms with van der Waals surface area (Å²) < 4.78 is 5.94. The van der Waals surface area contributed by atoms with Gasteiger partial charge in [-0.15, -0.1) is 0 Å². The van der Waals surface area contributed by atoms with Gasteiger partial charge in [0.1, 0.15) is 0 Å². The van der Waals surface area contributed by atoms with E-state index in [1.807, 2.05) is 0 Å². The van der Waals surface area contributed by atoms with E-state index in [9.17, 15) is 0 Å². The van der Waals surface area contributed by atoms with Crippen LogP contribution in [-0.4, -0.2) is 26.3 Å². The van der Waals surface area contributed by atoms with E-state index in [4.69, 9.17) is 4.74 Å². The second kappa shape index (κ2) is 7.97.